The monoisotopic (exact) mass is 286 g/mol. The lowest BCUT2D eigenvalue weighted by Crippen LogP contribution is -2.32. The maximum Gasteiger partial charge on any atom is 0.329 e. The molecule has 1 aromatic heterocycles. The van der Waals surface area contributed by atoms with E-state index in [0.29, 0.717) is 5.56 Å². The minimum atomic E-state index is -1.01. The fourth-order valence-corrected chi connectivity index (χ4v) is 1.41. The molecule has 0 atom stereocenters. The number of nitrogens with one attached hydrogen (secondary N) is 2. The molecule has 2 amide bonds. The first-order valence-electron chi connectivity index (χ1n) is 5.96. The van der Waals surface area contributed by atoms with Crippen molar-refractivity contribution in [2.45, 2.75) is 0 Å². The van der Waals surface area contributed by atoms with E-state index in [4.69, 9.17) is 0 Å². The Morgan fingerprint density at radius 3 is 2.52 bits per heavy atom. The number of halogens is 1. The number of nitrogens with zero attached hydrogens (tertiary/aromatic N) is 2. The third-order valence-corrected chi connectivity index (χ3v) is 2.41. The molecular formula is C14H11FN4O2. The van der Waals surface area contributed by atoms with Crippen molar-refractivity contribution in [1.82, 2.24) is 10.4 Å². The van der Waals surface area contributed by atoms with Gasteiger partial charge in [-0.15, -0.1) is 0 Å². The number of benzene rings is 1. The number of para-hydroxylation sites is 1. The normalized spacial score (nSPS) is 10.3. The van der Waals surface area contributed by atoms with Gasteiger partial charge >= 0.3 is 11.8 Å². The van der Waals surface area contributed by atoms with Crippen molar-refractivity contribution in [3.05, 3.63) is 60.2 Å². The molecule has 0 spiro atoms. The van der Waals surface area contributed by atoms with Crippen LogP contribution in [0.15, 0.2) is 53.9 Å². The Morgan fingerprint density at radius 2 is 1.81 bits per heavy atom. The summed E-state index contributed by atoms with van der Waals surface area (Å²) in [4.78, 5) is 26.8. The molecule has 0 saturated heterocycles. The SMILES string of the molecule is O=C(N/N=C/c1ccncc1)C(=O)Nc1ccccc1F. The Bertz CT molecular complexity index is 674. The molecule has 0 aliphatic heterocycles. The van der Waals surface area contributed by atoms with E-state index in [-0.39, 0.29) is 5.69 Å². The summed E-state index contributed by atoms with van der Waals surface area (Å²) in [6.07, 6.45) is 4.48. The van der Waals surface area contributed by atoms with E-state index in [0.717, 1.165) is 0 Å². The number of amides is 2. The average Bonchev–Trinajstić information content (AvgIpc) is 2.50. The van der Waals surface area contributed by atoms with E-state index in [9.17, 15) is 14.0 Å². The third kappa shape index (κ3) is 4.20. The Balaban J connectivity index is 1.90. The summed E-state index contributed by atoms with van der Waals surface area (Å²) in [5, 5.41) is 5.77. The van der Waals surface area contributed by atoms with Crippen LogP contribution in [0.1, 0.15) is 5.56 Å². The van der Waals surface area contributed by atoms with E-state index in [2.05, 4.69) is 15.4 Å². The minimum absolute atomic E-state index is 0.0734. The molecule has 2 rings (SSSR count). The number of carbonyl (C=O) groups is 2. The van der Waals surface area contributed by atoms with E-state index in [1.807, 2.05) is 5.43 Å². The lowest BCUT2D eigenvalue weighted by atomic mass is 10.3. The van der Waals surface area contributed by atoms with Crippen LogP contribution >= 0.6 is 0 Å². The maximum absolute atomic E-state index is 13.3. The molecule has 0 aliphatic carbocycles. The summed E-state index contributed by atoms with van der Waals surface area (Å²) >= 11 is 0. The van der Waals surface area contributed by atoms with Crippen LogP contribution in [-0.2, 0) is 9.59 Å². The van der Waals surface area contributed by atoms with Crippen molar-refractivity contribution < 1.29 is 14.0 Å². The molecule has 0 unspecified atom stereocenters. The zero-order chi connectivity index (χ0) is 15.1. The number of carbonyl (C=O) groups excluding carboxylic acids is 2. The highest BCUT2D eigenvalue weighted by Crippen LogP contribution is 2.11. The van der Waals surface area contributed by atoms with Crippen LogP contribution in [0.2, 0.25) is 0 Å². The molecule has 0 radical (unpaired) electrons. The van der Waals surface area contributed by atoms with Crippen LogP contribution in [0.25, 0.3) is 0 Å². The molecular weight excluding hydrogens is 275 g/mol. The fraction of sp³-hybridized carbons (Fsp3) is 0. The lowest BCUT2D eigenvalue weighted by Gasteiger charge is -2.04. The first kappa shape index (κ1) is 14.3. The molecule has 0 aliphatic rings. The van der Waals surface area contributed by atoms with Crippen molar-refractivity contribution in [3.8, 4) is 0 Å². The molecule has 21 heavy (non-hydrogen) atoms. The largest absolute Gasteiger partial charge is 0.329 e. The van der Waals surface area contributed by atoms with Crippen molar-refractivity contribution in [3.63, 3.8) is 0 Å². The summed E-state index contributed by atoms with van der Waals surface area (Å²) in [6.45, 7) is 0. The second-order valence-corrected chi connectivity index (χ2v) is 3.91. The smallest absolute Gasteiger partial charge is 0.315 e. The molecule has 0 bridgehead atoms. The molecule has 1 aromatic carbocycles. The zero-order valence-corrected chi connectivity index (χ0v) is 10.8. The van der Waals surface area contributed by atoms with Gasteiger partial charge in [0, 0.05) is 12.4 Å². The molecule has 2 N–H and O–H groups in total. The first-order chi connectivity index (χ1) is 10.2. The van der Waals surface area contributed by atoms with Gasteiger partial charge in [-0.25, -0.2) is 9.82 Å². The van der Waals surface area contributed by atoms with Gasteiger partial charge in [0.2, 0.25) is 0 Å². The minimum Gasteiger partial charge on any atom is -0.315 e. The number of rotatable bonds is 3. The van der Waals surface area contributed by atoms with Gasteiger partial charge in [-0.3, -0.25) is 14.6 Å². The van der Waals surface area contributed by atoms with E-state index in [1.165, 1.54) is 30.5 Å². The Kier molecular flexibility index (Phi) is 4.70. The van der Waals surface area contributed by atoms with Crippen LogP contribution in [0, 0.1) is 5.82 Å². The van der Waals surface area contributed by atoms with Crippen LogP contribution in [0.5, 0.6) is 0 Å². The van der Waals surface area contributed by atoms with Crippen molar-refractivity contribution in [2.75, 3.05) is 5.32 Å². The van der Waals surface area contributed by atoms with Gasteiger partial charge in [0.25, 0.3) is 0 Å². The van der Waals surface area contributed by atoms with E-state index >= 15 is 0 Å². The quantitative estimate of drug-likeness (QED) is 0.507. The zero-order valence-electron chi connectivity index (χ0n) is 10.8. The van der Waals surface area contributed by atoms with Crippen LogP contribution in [0.4, 0.5) is 10.1 Å². The number of hydrogen-bond acceptors (Lipinski definition) is 4. The highest BCUT2D eigenvalue weighted by atomic mass is 19.1. The standard InChI is InChI=1S/C14H11FN4O2/c15-11-3-1-2-4-12(11)18-13(20)14(21)19-17-9-10-5-7-16-8-6-10/h1-9H,(H,18,20)(H,19,21)/b17-9+. The molecule has 2 aromatic rings. The van der Waals surface area contributed by atoms with Gasteiger partial charge in [0.15, 0.2) is 0 Å². The van der Waals surface area contributed by atoms with Gasteiger partial charge in [-0.05, 0) is 29.8 Å². The highest BCUT2D eigenvalue weighted by molar-refractivity contribution is 6.39. The number of anilines is 1. The Labute approximate surface area is 119 Å². The maximum atomic E-state index is 13.3. The average molecular weight is 286 g/mol. The predicted octanol–water partition coefficient (Wildman–Crippen LogP) is 1.31. The van der Waals surface area contributed by atoms with Gasteiger partial charge < -0.3 is 5.32 Å². The van der Waals surface area contributed by atoms with Crippen LogP contribution < -0.4 is 10.7 Å². The molecule has 106 valence electrons. The number of hydrazone groups is 1. The summed E-state index contributed by atoms with van der Waals surface area (Å²) in [5.74, 6) is -2.63. The van der Waals surface area contributed by atoms with Gasteiger partial charge in [-0.2, -0.15) is 5.10 Å². The number of aromatic nitrogens is 1. The van der Waals surface area contributed by atoms with E-state index < -0.39 is 17.6 Å². The summed E-state index contributed by atoms with van der Waals surface area (Å²) in [5.41, 5.74) is 2.68. The van der Waals surface area contributed by atoms with Crippen LogP contribution in [-0.4, -0.2) is 23.0 Å². The molecule has 0 fully saturated rings. The molecule has 0 saturated carbocycles. The topological polar surface area (TPSA) is 83.5 Å². The summed E-state index contributed by atoms with van der Waals surface area (Å²) < 4.78 is 13.3. The first-order valence-corrected chi connectivity index (χ1v) is 5.96. The fourth-order valence-electron chi connectivity index (χ4n) is 1.41. The van der Waals surface area contributed by atoms with Gasteiger partial charge in [0.05, 0.1) is 11.9 Å². The number of pyridine rings is 1. The summed E-state index contributed by atoms with van der Waals surface area (Å²) in [7, 11) is 0. The lowest BCUT2D eigenvalue weighted by molar-refractivity contribution is -0.136. The van der Waals surface area contributed by atoms with Crippen LogP contribution in [0.3, 0.4) is 0 Å². The third-order valence-electron chi connectivity index (χ3n) is 2.41. The van der Waals surface area contributed by atoms with Crippen molar-refractivity contribution in [1.29, 1.82) is 0 Å². The molecule has 1 heterocycles. The van der Waals surface area contributed by atoms with Crippen molar-refractivity contribution >= 4 is 23.7 Å². The Morgan fingerprint density at radius 1 is 1.10 bits per heavy atom. The molecule has 6 nitrogen and oxygen atoms in total. The Hall–Kier alpha value is -3.09. The van der Waals surface area contributed by atoms with Crippen molar-refractivity contribution in [2.24, 2.45) is 5.10 Å². The second kappa shape index (κ2) is 6.90. The van der Waals surface area contributed by atoms with Gasteiger partial charge in [-0.1, -0.05) is 12.1 Å². The molecule has 7 heteroatoms. The second-order valence-electron chi connectivity index (χ2n) is 3.91. The highest BCUT2D eigenvalue weighted by Gasteiger charge is 2.14. The number of hydrogen-bond donors (Lipinski definition) is 2. The predicted molar refractivity (Wildman–Crippen MR) is 75.0 cm³/mol. The van der Waals surface area contributed by atoms with Gasteiger partial charge in [0.1, 0.15) is 5.82 Å². The summed E-state index contributed by atoms with van der Waals surface area (Å²) in [6, 6.07) is 8.89. The van der Waals surface area contributed by atoms with E-state index in [1.54, 1.807) is 24.5 Å².